The quantitative estimate of drug-likeness (QED) is 0.713. The monoisotopic (exact) mass is 219 g/mol. The fraction of sp³-hybridized carbons (Fsp3) is 0.154. The maximum absolute atomic E-state index is 13.6. The van der Waals surface area contributed by atoms with E-state index in [0.29, 0.717) is 11.3 Å². The zero-order valence-electron chi connectivity index (χ0n) is 9.09. The summed E-state index contributed by atoms with van der Waals surface area (Å²) in [6.45, 7) is 3.49. The normalized spacial score (nSPS) is 10.5. The molecule has 0 radical (unpaired) electrons. The summed E-state index contributed by atoms with van der Waals surface area (Å²) < 4.78 is 27.2. The van der Waals surface area contributed by atoms with E-state index in [1.54, 1.807) is 32.0 Å². The van der Waals surface area contributed by atoms with Crippen LogP contribution in [-0.2, 0) is 0 Å². The van der Waals surface area contributed by atoms with Gasteiger partial charge in [-0.1, -0.05) is 12.1 Å². The molecule has 3 heteroatoms. The van der Waals surface area contributed by atoms with Crippen LogP contribution in [0.2, 0.25) is 0 Å². The third-order valence-corrected chi connectivity index (χ3v) is 2.44. The molecule has 2 aromatic rings. The van der Waals surface area contributed by atoms with Crippen molar-refractivity contribution in [1.29, 1.82) is 0 Å². The highest BCUT2D eigenvalue weighted by atomic mass is 19.1. The summed E-state index contributed by atoms with van der Waals surface area (Å²) >= 11 is 0. The molecule has 1 aromatic carbocycles. The first kappa shape index (κ1) is 10.7. The van der Waals surface area contributed by atoms with Crippen molar-refractivity contribution >= 4 is 0 Å². The summed E-state index contributed by atoms with van der Waals surface area (Å²) in [6.07, 6.45) is 0. The molecular formula is C13H11F2N. The van der Waals surface area contributed by atoms with Crippen LogP contribution in [0.4, 0.5) is 8.78 Å². The van der Waals surface area contributed by atoms with Crippen molar-refractivity contribution in [1.82, 2.24) is 4.98 Å². The number of rotatable bonds is 1. The maximum Gasteiger partial charge on any atom is 0.149 e. The van der Waals surface area contributed by atoms with E-state index in [4.69, 9.17) is 0 Å². The van der Waals surface area contributed by atoms with Crippen molar-refractivity contribution in [3.8, 4) is 11.3 Å². The molecule has 0 aliphatic carbocycles. The predicted molar refractivity (Wildman–Crippen MR) is 59.1 cm³/mol. The minimum Gasteiger partial charge on any atom is -0.250 e. The third-order valence-electron chi connectivity index (χ3n) is 2.44. The number of aryl methyl sites for hydroxylation is 2. The van der Waals surface area contributed by atoms with Crippen molar-refractivity contribution in [2.75, 3.05) is 0 Å². The highest BCUT2D eigenvalue weighted by Crippen LogP contribution is 2.27. The minimum absolute atomic E-state index is 0.0793. The van der Waals surface area contributed by atoms with Crippen LogP contribution in [0.3, 0.4) is 0 Å². The molecule has 1 heterocycles. The van der Waals surface area contributed by atoms with Crippen LogP contribution in [0.5, 0.6) is 0 Å². The molecule has 0 fully saturated rings. The van der Waals surface area contributed by atoms with Crippen molar-refractivity contribution in [3.05, 3.63) is 53.2 Å². The van der Waals surface area contributed by atoms with E-state index in [-0.39, 0.29) is 11.3 Å². The van der Waals surface area contributed by atoms with Crippen LogP contribution in [-0.4, -0.2) is 4.98 Å². The van der Waals surface area contributed by atoms with E-state index in [2.05, 4.69) is 4.98 Å². The topological polar surface area (TPSA) is 12.9 Å². The molecule has 0 N–H and O–H groups in total. The van der Waals surface area contributed by atoms with Gasteiger partial charge < -0.3 is 0 Å². The Morgan fingerprint density at radius 2 is 1.69 bits per heavy atom. The predicted octanol–water partition coefficient (Wildman–Crippen LogP) is 3.64. The Morgan fingerprint density at radius 3 is 2.38 bits per heavy atom. The van der Waals surface area contributed by atoms with Gasteiger partial charge >= 0.3 is 0 Å². The van der Waals surface area contributed by atoms with Crippen LogP contribution < -0.4 is 0 Å². The van der Waals surface area contributed by atoms with Gasteiger partial charge in [0.2, 0.25) is 0 Å². The van der Waals surface area contributed by atoms with Crippen molar-refractivity contribution in [2.45, 2.75) is 13.8 Å². The van der Waals surface area contributed by atoms with E-state index in [1.165, 1.54) is 12.1 Å². The average molecular weight is 219 g/mol. The molecule has 82 valence electrons. The van der Waals surface area contributed by atoms with E-state index < -0.39 is 11.6 Å². The molecule has 0 bridgehead atoms. The highest BCUT2D eigenvalue weighted by molar-refractivity contribution is 5.64. The number of benzene rings is 1. The van der Waals surface area contributed by atoms with E-state index in [9.17, 15) is 8.78 Å². The Balaban J connectivity index is 2.72. The number of hydrogen-bond donors (Lipinski definition) is 0. The van der Waals surface area contributed by atoms with Crippen LogP contribution >= 0.6 is 0 Å². The largest absolute Gasteiger partial charge is 0.250 e. The minimum atomic E-state index is -0.501. The Bertz CT molecular complexity index is 515. The Morgan fingerprint density at radius 1 is 0.938 bits per heavy atom. The lowest BCUT2D eigenvalue weighted by Gasteiger charge is -2.08. The molecule has 0 unspecified atom stereocenters. The molecule has 0 saturated heterocycles. The van der Waals surface area contributed by atoms with Gasteiger partial charge in [0, 0.05) is 11.3 Å². The zero-order valence-corrected chi connectivity index (χ0v) is 9.09. The lowest BCUT2D eigenvalue weighted by atomic mass is 10.0. The summed E-state index contributed by atoms with van der Waals surface area (Å²) in [5.41, 5.74) is 1.66. The maximum atomic E-state index is 13.6. The molecule has 16 heavy (non-hydrogen) atoms. The van der Waals surface area contributed by atoms with E-state index in [1.807, 2.05) is 0 Å². The van der Waals surface area contributed by atoms with E-state index in [0.717, 1.165) is 0 Å². The van der Waals surface area contributed by atoms with Crippen molar-refractivity contribution in [2.24, 2.45) is 0 Å². The van der Waals surface area contributed by atoms with Gasteiger partial charge in [-0.05, 0) is 37.6 Å². The molecule has 0 atom stereocenters. The molecule has 1 aromatic heterocycles. The molecule has 0 spiro atoms. The van der Waals surface area contributed by atoms with Crippen LogP contribution in [0.25, 0.3) is 11.3 Å². The smallest absolute Gasteiger partial charge is 0.149 e. The van der Waals surface area contributed by atoms with Gasteiger partial charge in [0.25, 0.3) is 0 Å². The van der Waals surface area contributed by atoms with Gasteiger partial charge in [-0.2, -0.15) is 0 Å². The third kappa shape index (κ3) is 1.81. The lowest BCUT2D eigenvalue weighted by molar-refractivity contribution is 0.610. The first-order valence-electron chi connectivity index (χ1n) is 4.98. The summed E-state index contributed by atoms with van der Waals surface area (Å²) in [5.74, 6) is -0.948. The fourth-order valence-corrected chi connectivity index (χ4v) is 1.65. The number of aromatic nitrogens is 1. The van der Waals surface area contributed by atoms with Gasteiger partial charge in [-0.3, -0.25) is 0 Å². The van der Waals surface area contributed by atoms with E-state index >= 15 is 0 Å². The molecule has 2 rings (SSSR count). The van der Waals surface area contributed by atoms with Gasteiger partial charge in [0.1, 0.15) is 17.3 Å². The van der Waals surface area contributed by atoms with Gasteiger partial charge in [-0.25, -0.2) is 13.8 Å². The first-order valence-corrected chi connectivity index (χ1v) is 4.98. The average Bonchev–Trinajstić information content (AvgIpc) is 2.23. The summed E-state index contributed by atoms with van der Waals surface area (Å²) in [6, 6.07) is 7.52. The first-order chi connectivity index (χ1) is 7.59. The summed E-state index contributed by atoms with van der Waals surface area (Å²) in [4.78, 5) is 4.05. The number of halogens is 2. The second-order valence-corrected chi connectivity index (χ2v) is 3.71. The fourth-order valence-electron chi connectivity index (χ4n) is 1.65. The second-order valence-electron chi connectivity index (χ2n) is 3.71. The van der Waals surface area contributed by atoms with Crippen LogP contribution in [0, 0.1) is 25.5 Å². The highest BCUT2D eigenvalue weighted by Gasteiger charge is 2.13. The molecule has 0 aliphatic heterocycles. The van der Waals surface area contributed by atoms with Crippen molar-refractivity contribution < 1.29 is 8.78 Å². The zero-order chi connectivity index (χ0) is 11.7. The SMILES string of the molecule is Cc1ccc(F)c(-c2c(C)cccc2F)n1. The Labute approximate surface area is 92.8 Å². The standard InChI is InChI=1S/C13H11F2N/c1-8-4-3-5-10(14)12(8)13-11(15)7-6-9(2)16-13/h3-7H,1-2H3. The molecular weight excluding hydrogens is 208 g/mol. The molecule has 0 aliphatic rings. The van der Waals surface area contributed by atoms with Gasteiger partial charge in [0.15, 0.2) is 0 Å². The second kappa shape index (κ2) is 4.00. The lowest BCUT2D eigenvalue weighted by Crippen LogP contribution is -1.96. The summed E-state index contributed by atoms with van der Waals surface area (Å²) in [5, 5.41) is 0. The Hall–Kier alpha value is -1.77. The Kier molecular flexibility index (Phi) is 2.69. The number of hydrogen-bond acceptors (Lipinski definition) is 1. The van der Waals surface area contributed by atoms with Gasteiger partial charge in [-0.15, -0.1) is 0 Å². The number of pyridine rings is 1. The van der Waals surface area contributed by atoms with Crippen molar-refractivity contribution in [3.63, 3.8) is 0 Å². The van der Waals surface area contributed by atoms with Crippen LogP contribution in [0.15, 0.2) is 30.3 Å². The molecule has 1 nitrogen and oxygen atoms in total. The molecule has 0 amide bonds. The van der Waals surface area contributed by atoms with Crippen LogP contribution in [0.1, 0.15) is 11.3 Å². The summed E-state index contributed by atoms with van der Waals surface area (Å²) in [7, 11) is 0. The van der Waals surface area contributed by atoms with Gasteiger partial charge in [0.05, 0.1) is 0 Å². The molecule has 0 saturated carbocycles. The number of nitrogens with zero attached hydrogens (tertiary/aromatic N) is 1.